The molecule has 2 amide bonds. The molecule has 1 atom stereocenters. The number of nitrogens with zero attached hydrogens (tertiary/aromatic N) is 1. The fraction of sp³-hybridized carbons (Fsp3) is 0.800. The molecule has 1 fully saturated rings. The van der Waals surface area contributed by atoms with Crippen LogP contribution in [0.15, 0.2) is 0 Å². The lowest BCUT2D eigenvalue weighted by Crippen LogP contribution is -2.58. The summed E-state index contributed by atoms with van der Waals surface area (Å²) in [6.07, 6.45) is 0. The van der Waals surface area contributed by atoms with Crippen molar-refractivity contribution in [3.8, 4) is 0 Å². The maximum Gasteiger partial charge on any atom is 0.328 e. The second-order valence-corrected chi connectivity index (χ2v) is 4.48. The lowest BCUT2D eigenvalue weighted by molar-refractivity contribution is -0.143. The van der Waals surface area contributed by atoms with Crippen LogP contribution in [0.4, 0.5) is 4.79 Å². The predicted molar refractivity (Wildman–Crippen MR) is 57.2 cm³/mol. The summed E-state index contributed by atoms with van der Waals surface area (Å²) in [5, 5.41) is 11.4. The fourth-order valence-corrected chi connectivity index (χ4v) is 1.42. The Bertz CT molecular complexity index is 291. The summed E-state index contributed by atoms with van der Waals surface area (Å²) in [4.78, 5) is 24.3. The first-order chi connectivity index (χ1) is 7.34. The zero-order chi connectivity index (χ0) is 12.3. The molecule has 2 N–H and O–H groups in total. The number of amides is 2. The highest BCUT2D eigenvalue weighted by Gasteiger charge is 2.33. The highest BCUT2D eigenvalue weighted by Crippen LogP contribution is 2.09. The van der Waals surface area contributed by atoms with Gasteiger partial charge in [-0.3, -0.25) is 0 Å². The van der Waals surface area contributed by atoms with Crippen molar-refractivity contribution in [2.45, 2.75) is 32.4 Å². The van der Waals surface area contributed by atoms with Crippen LogP contribution >= 0.6 is 0 Å². The zero-order valence-electron chi connectivity index (χ0n) is 9.82. The largest absolute Gasteiger partial charge is 0.480 e. The van der Waals surface area contributed by atoms with Crippen LogP contribution in [0, 0.1) is 0 Å². The van der Waals surface area contributed by atoms with E-state index in [2.05, 4.69) is 5.32 Å². The molecule has 1 aliphatic heterocycles. The maximum atomic E-state index is 11.8. The van der Waals surface area contributed by atoms with Crippen molar-refractivity contribution in [3.05, 3.63) is 0 Å². The first-order valence-corrected chi connectivity index (χ1v) is 5.24. The van der Waals surface area contributed by atoms with E-state index in [0.717, 1.165) is 0 Å². The summed E-state index contributed by atoms with van der Waals surface area (Å²) in [5.74, 6) is -1.05. The molecule has 6 heteroatoms. The van der Waals surface area contributed by atoms with Gasteiger partial charge in [-0.25, -0.2) is 9.59 Å². The molecule has 0 aromatic carbocycles. The van der Waals surface area contributed by atoms with Gasteiger partial charge in [-0.05, 0) is 20.8 Å². The van der Waals surface area contributed by atoms with Gasteiger partial charge in [0.25, 0.3) is 0 Å². The number of urea groups is 1. The summed E-state index contributed by atoms with van der Waals surface area (Å²) in [6, 6.07) is -0.387. The van der Waals surface area contributed by atoms with Crippen molar-refractivity contribution in [1.29, 1.82) is 0 Å². The van der Waals surface area contributed by atoms with Crippen LogP contribution < -0.4 is 5.32 Å². The Morgan fingerprint density at radius 3 is 2.62 bits per heavy atom. The molecule has 0 aromatic heterocycles. The van der Waals surface area contributed by atoms with Crippen LogP contribution in [0.2, 0.25) is 0 Å². The van der Waals surface area contributed by atoms with Crippen LogP contribution in [-0.2, 0) is 9.53 Å². The van der Waals surface area contributed by atoms with Crippen molar-refractivity contribution < 1.29 is 19.4 Å². The first-order valence-electron chi connectivity index (χ1n) is 5.24. The van der Waals surface area contributed by atoms with Crippen LogP contribution in [0.3, 0.4) is 0 Å². The van der Waals surface area contributed by atoms with E-state index in [1.165, 1.54) is 13.8 Å². The van der Waals surface area contributed by atoms with Crippen molar-refractivity contribution >= 4 is 12.0 Å². The fourth-order valence-electron chi connectivity index (χ4n) is 1.42. The average molecular weight is 230 g/mol. The van der Waals surface area contributed by atoms with Gasteiger partial charge in [0.15, 0.2) is 0 Å². The van der Waals surface area contributed by atoms with Gasteiger partial charge < -0.3 is 20.1 Å². The van der Waals surface area contributed by atoms with Crippen molar-refractivity contribution in [2.75, 3.05) is 19.8 Å². The van der Waals surface area contributed by atoms with E-state index >= 15 is 0 Å². The van der Waals surface area contributed by atoms with Crippen LogP contribution in [0.1, 0.15) is 20.8 Å². The number of carbonyl (C=O) groups excluding carboxylic acids is 1. The van der Waals surface area contributed by atoms with Crippen molar-refractivity contribution in [3.63, 3.8) is 0 Å². The number of aliphatic carboxylic acids is 1. The molecule has 92 valence electrons. The van der Waals surface area contributed by atoms with E-state index in [1.807, 2.05) is 6.92 Å². The van der Waals surface area contributed by atoms with E-state index < -0.39 is 11.5 Å². The van der Waals surface area contributed by atoms with Crippen molar-refractivity contribution in [2.24, 2.45) is 0 Å². The number of hydrogen-bond acceptors (Lipinski definition) is 3. The molecule has 6 nitrogen and oxygen atoms in total. The summed E-state index contributed by atoms with van der Waals surface area (Å²) >= 11 is 0. The van der Waals surface area contributed by atoms with Gasteiger partial charge in [0.05, 0.1) is 19.3 Å². The third kappa shape index (κ3) is 2.85. The van der Waals surface area contributed by atoms with E-state index in [1.54, 1.807) is 4.90 Å². The minimum absolute atomic E-state index is 0.0293. The van der Waals surface area contributed by atoms with Gasteiger partial charge in [0, 0.05) is 6.54 Å². The zero-order valence-corrected chi connectivity index (χ0v) is 9.82. The lowest BCUT2D eigenvalue weighted by Gasteiger charge is -2.35. The maximum absolute atomic E-state index is 11.8. The summed E-state index contributed by atoms with van der Waals surface area (Å²) in [6.45, 7) is 6.25. The average Bonchev–Trinajstić information content (AvgIpc) is 2.17. The van der Waals surface area contributed by atoms with Crippen LogP contribution in [0.5, 0.6) is 0 Å². The number of rotatable bonds is 2. The third-order valence-corrected chi connectivity index (χ3v) is 2.58. The van der Waals surface area contributed by atoms with Gasteiger partial charge >= 0.3 is 12.0 Å². The van der Waals surface area contributed by atoms with E-state index in [0.29, 0.717) is 19.8 Å². The minimum atomic E-state index is -1.25. The quantitative estimate of drug-likeness (QED) is 0.714. The number of carboxylic acid groups (broad SMARTS) is 1. The van der Waals surface area contributed by atoms with Gasteiger partial charge in [-0.2, -0.15) is 0 Å². The van der Waals surface area contributed by atoms with Crippen LogP contribution in [-0.4, -0.2) is 53.3 Å². The highest BCUT2D eigenvalue weighted by molar-refractivity contribution is 5.85. The Labute approximate surface area is 94.6 Å². The molecule has 0 bridgehead atoms. The molecule has 0 saturated carbocycles. The Morgan fingerprint density at radius 2 is 2.12 bits per heavy atom. The van der Waals surface area contributed by atoms with Crippen LogP contribution in [0.25, 0.3) is 0 Å². The number of hydrogen-bond donors (Lipinski definition) is 2. The van der Waals surface area contributed by atoms with E-state index in [4.69, 9.17) is 9.84 Å². The Hall–Kier alpha value is -1.30. The first kappa shape index (κ1) is 12.8. The molecular weight excluding hydrogens is 212 g/mol. The molecule has 16 heavy (non-hydrogen) atoms. The standard InChI is InChI=1S/C10H18N2O4/c1-7-6-16-5-4-12(7)9(15)11-10(2,3)8(13)14/h7H,4-6H2,1-3H3,(H,11,15)(H,13,14). The summed E-state index contributed by atoms with van der Waals surface area (Å²) in [7, 11) is 0. The predicted octanol–water partition coefficient (Wildman–Crippen LogP) is 0.280. The van der Waals surface area contributed by atoms with E-state index in [-0.39, 0.29) is 12.1 Å². The van der Waals surface area contributed by atoms with Gasteiger partial charge in [0.1, 0.15) is 5.54 Å². The van der Waals surface area contributed by atoms with Gasteiger partial charge in [-0.1, -0.05) is 0 Å². The third-order valence-electron chi connectivity index (χ3n) is 2.58. The van der Waals surface area contributed by atoms with Crippen molar-refractivity contribution in [1.82, 2.24) is 10.2 Å². The Balaban J connectivity index is 2.61. The van der Waals surface area contributed by atoms with E-state index in [9.17, 15) is 9.59 Å². The summed E-state index contributed by atoms with van der Waals surface area (Å²) < 4.78 is 5.20. The lowest BCUT2D eigenvalue weighted by atomic mass is 10.1. The molecule has 0 aliphatic carbocycles. The minimum Gasteiger partial charge on any atom is -0.480 e. The highest BCUT2D eigenvalue weighted by atomic mass is 16.5. The molecule has 0 radical (unpaired) electrons. The second-order valence-electron chi connectivity index (χ2n) is 4.48. The second kappa shape index (κ2) is 4.69. The number of morpholine rings is 1. The molecule has 1 aliphatic rings. The number of carboxylic acids is 1. The Morgan fingerprint density at radius 1 is 1.50 bits per heavy atom. The number of carbonyl (C=O) groups is 2. The number of ether oxygens (including phenoxy) is 1. The molecule has 0 aromatic rings. The molecule has 1 unspecified atom stereocenters. The molecule has 1 saturated heterocycles. The summed E-state index contributed by atoms with van der Waals surface area (Å²) in [5.41, 5.74) is -1.25. The van der Waals surface area contributed by atoms with Gasteiger partial charge in [-0.15, -0.1) is 0 Å². The topological polar surface area (TPSA) is 78.9 Å². The molecule has 0 spiro atoms. The number of nitrogens with one attached hydrogen (secondary N) is 1. The Kier molecular flexibility index (Phi) is 3.74. The molecule has 1 rings (SSSR count). The molecule has 1 heterocycles. The smallest absolute Gasteiger partial charge is 0.328 e. The SMILES string of the molecule is CC1COCCN1C(=O)NC(C)(C)C(=O)O. The normalized spacial score (nSPS) is 21.7. The molecular formula is C10H18N2O4. The van der Waals surface area contributed by atoms with Gasteiger partial charge in [0.2, 0.25) is 0 Å². The monoisotopic (exact) mass is 230 g/mol.